The van der Waals surface area contributed by atoms with Crippen molar-refractivity contribution in [2.45, 2.75) is 38.6 Å². The number of carbonyl (C=O) groups excluding carboxylic acids is 2. The summed E-state index contributed by atoms with van der Waals surface area (Å²) in [5.74, 6) is -1.86. The standard InChI is InChI=1S/C18H22N2O4/c1-10(19-17(22)14-8-9-15(14)18(23)24)11-4-6-13(7-5-11)20-16(21)12-2-3-12/h4-7,10,12,14-15H,2-3,8-9H2,1H3,(H,19,22)(H,20,21)(H,23,24). The highest BCUT2D eigenvalue weighted by atomic mass is 16.4. The average molecular weight is 330 g/mol. The van der Waals surface area contributed by atoms with Gasteiger partial charge in [-0.1, -0.05) is 12.1 Å². The van der Waals surface area contributed by atoms with E-state index >= 15 is 0 Å². The molecule has 2 aliphatic rings. The smallest absolute Gasteiger partial charge is 0.307 e. The van der Waals surface area contributed by atoms with Gasteiger partial charge in [0.25, 0.3) is 0 Å². The zero-order valence-corrected chi connectivity index (χ0v) is 13.6. The van der Waals surface area contributed by atoms with Gasteiger partial charge in [0.1, 0.15) is 0 Å². The Morgan fingerprint density at radius 3 is 2.12 bits per heavy atom. The molecule has 3 unspecified atom stereocenters. The number of carbonyl (C=O) groups is 3. The Morgan fingerprint density at radius 2 is 1.62 bits per heavy atom. The van der Waals surface area contributed by atoms with E-state index in [-0.39, 0.29) is 23.8 Å². The third-order valence-electron chi connectivity index (χ3n) is 4.91. The Balaban J connectivity index is 1.54. The van der Waals surface area contributed by atoms with E-state index in [1.54, 1.807) is 0 Å². The van der Waals surface area contributed by atoms with Crippen molar-refractivity contribution in [3.63, 3.8) is 0 Å². The van der Waals surface area contributed by atoms with Gasteiger partial charge in [0.2, 0.25) is 11.8 Å². The summed E-state index contributed by atoms with van der Waals surface area (Å²) in [5.41, 5.74) is 1.66. The molecule has 2 fully saturated rings. The zero-order chi connectivity index (χ0) is 17.3. The van der Waals surface area contributed by atoms with Gasteiger partial charge in [-0.3, -0.25) is 14.4 Å². The maximum Gasteiger partial charge on any atom is 0.307 e. The predicted molar refractivity (Wildman–Crippen MR) is 88.2 cm³/mol. The van der Waals surface area contributed by atoms with Gasteiger partial charge in [-0.2, -0.15) is 0 Å². The molecule has 128 valence electrons. The molecule has 1 aromatic rings. The Morgan fingerprint density at radius 1 is 1.00 bits per heavy atom. The van der Waals surface area contributed by atoms with Gasteiger partial charge in [0, 0.05) is 11.6 Å². The van der Waals surface area contributed by atoms with Gasteiger partial charge in [-0.05, 0) is 50.3 Å². The number of benzene rings is 1. The number of hydrogen-bond donors (Lipinski definition) is 3. The SMILES string of the molecule is CC(NC(=O)C1CCC1C(=O)O)c1ccc(NC(=O)C2CC2)cc1. The molecule has 24 heavy (non-hydrogen) atoms. The molecule has 1 aromatic carbocycles. The molecule has 2 amide bonds. The summed E-state index contributed by atoms with van der Waals surface area (Å²) < 4.78 is 0. The minimum Gasteiger partial charge on any atom is -0.481 e. The molecule has 0 heterocycles. The topological polar surface area (TPSA) is 95.5 Å². The normalized spacial score (nSPS) is 23.7. The Hall–Kier alpha value is -2.37. The number of rotatable bonds is 6. The highest BCUT2D eigenvalue weighted by Crippen LogP contribution is 2.35. The van der Waals surface area contributed by atoms with Crippen LogP contribution >= 0.6 is 0 Å². The number of aliphatic carboxylic acids is 1. The molecule has 0 saturated heterocycles. The lowest BCUT2D eigenvalue weighted by Crippen LogP contribution is -2.44. The summed E-state index contributed by atoms with van der Waals surface area (Å²) in [4.78, 5) is 34.9. The minimum atomic E-state index is -0.898. The van der Waals surface area contributed by atoms with Crippen molar-refractivity contribution in [3.8, 4) is 0 Å². The second-order valence-corrected chi connectivity index (χ2v) is 6.74. The molecule has 3 rings (SSSR count). The van der Waals surface area contributed by atoms with E-state index in [0.29, 0.717) is 12.8 Å². The number of carboxylic acid groups (broad SMARTS) is 1. The lowest BCUT2D eigenvalue weighted by Gasteiger charge is -2.33. The minimum absolute atomic E-state index is 0.0637. The van der Waals surface area contributed by atoms with Gasteiger partial charge in [0.15, 0.2) is 0 Å². The highest BCUT2D eigenvalue weighted by Gasteiger charge is 2.41. The van der Waals surface area contributed by atoms with Crippen LogP contribution in [0.3, 0.4) is 0 Å². The van der Waals surface area contributed by atoms with E-state index in [1.807, 2.05) is 31.2 Å². The molecular formula is C18H22N2O4. The van der Waals surface area contributed by atoms with Crippen LogP contribution in [-0.2, 0) is 14.4 Å². The summed E-state index contributed by atoms with van der Waals surface area (Å²) in [7, 11) is 0. The van der Waals surface area contributed by atoms with E-state index < -0.39 is 17.8 Å². The molecule has 2 saturated carbocycles. The van der Waals surface area contributed by atoms with E-state index in [2.05, 4.69) is 10.6 Å². The van der Waals surface area contributed by atoms with Gasteiger partial charge >= 0.3 is 5.97 Å². The van der Waals surface area contributed by atoms with Gasteiger partial charge in [-0.25, -0.2) is 0 Å². The first kappa shape index (κ1) is 16.5. The maximum absolute atomic E-state index is 12.2. The lowest BCUT2D eigenvalue weighted by atomic mass is 9.73. The van der Waals surface area contributed by atoms with Crippen LogP contribution in [0.4, 0.5) is 5.69 Å². The fourth-order valence-corrected chi connectivity index (χ4v) is 2.96. The van der Waals surface area contributed by atoms with Crippen LogP contribution in [0.1, 0.15) is 44.2 Å². The van der Waals surface area contributed by atoms with Gasteiger partial charge in [0.05, 0.1) is 17.9 Å². The van der Waals surface area contributed by atoms with Crippen molar-refractivity contribution in [2.75, 3.05) is 5.32 Å². The van der Waals surface area contributed by atoms with E-state index in [9.17, 15) is 14.4 Å². The van der Waals surface area contributed by atoms with Crippen LogP contribution < -0.4 is 10.6 Å². The van der Waals surface area contributed by atoms with Crippen molar-refractivity contribution in [2.24, 2.45) is 17.8 Å². The van der Waals surface area contributed by atoms with Crippen LogP contribution in [-0.4, -0.2) is 22.9 Å². The summed E-state index contributed by atoms with van der Waals surface area (Å²) in [6, 6.07) is 7.16. The second kappa shape index (κ2) is 6.63. The fraction of sp³-hybridized carbons (Fsp3) is 0.500. The summed E-state index contributed by atoms with van der Waals surface area (Å²) in [6.07, 6.45) is 3.12. The van der Waals surface area contributed by atoms with Crippen molar-refractivity contribution in [3.05, 3.63) is 29.8 Å². The lowest BCUT2D eigenvalue weighted by molar-refractivity contribution is -0.152. The molecular weight excluding hydrogens is 308 g/mol. The van der Waals surface area contributed by atoms with Crippen molar-refractivity contribution >= 4 is 23.5 Å². The fourth-order valence-electron chi connectivity index (χ4n) is 2.96. The number of hydrogen-bond acceptors (Lipinski definition) is 3. The Kier molecular flexibility index (Phi) is 4.55. The van der Waals surface area contributed by atoms with Gasteiger partial charge in [-0.15, -0.1) is 0 Å². The van der Waals surface area contributed by atoms with Crippen LogP contribution in [0.5, 0.6) is 0 Å². The quantitative estimate of drug-likeness (QED) is 0.746. The van der Waals surface area contributed by atoms with Crippen molar-refractivity contribution in [1.29, 1.82) is 0 Å². The molecule has 3 atom stereocenters. The first-order valence-electron chi connectivity index (χ1n) is 8.39. The molecule has 3 N–H and O–H groups in total. The zero-order valence-electron chi connectivity index (χ0n) is 13.6. The molecule has 0 aromatic heterocycles. The van der Waals surface area contributed by atoms with E-state index in [4.69, 9.17) is 5.11 Å². The molecule has 0 spiro atoms. The van der Waals surface area contributed by atoms with E-state index in [0.717, 1.165) is 24.1 Å². The summed E-state index contributed by atoms with van der Waals surface area (Å²) in [5, 5.41) is 14.8. The molecule has 0 aliphatic heterocycles. The Bertz CT molecular complexity index is 651. The van der Waals surface area contributed by atoms with E-state index in [1.165, 1.54) is 0 Å². The van der Waals surface area contributed by atoms with Crippen molar-refractivity contribution in [1.82, 2.24) is 5.32 Å². The summed E-state index contributed by atoms with van der Waals surface area (Å²) in [6.45, 7) is 1.87. The third-order valence-corrected chi connectivity index (χ3v) is 4.91. The number of amides is 2. The Labute approximate surface area is 140 Å². The molecule has 2 aliphatic carbocycles. The van der Waals surface area contributed by atoms with Crippen molar-refractivity contribution < 1.29 is 19.5 Å². The number of anilines is 1. The number of carboxylic acids is 1. The first-order chi connectivity index (χ1) is 11.5. The van der Waals surface area contributed by atoms with Crippen LogP contribution in [0.2, 0.25) is 0 Å². The van der Waals surface area contributed by atoms with Gasteiger partial charge < -0.3 is 15.7 Å². The molecule has 6 nitrogen and oxygen atoms in total. The first-order valence-corrected chi connectivity index (χ1v) is 8.39. The monoisotopic (exact) mass is 330 g/mol. The molecule has 0 bridgehead atoms. The van der Waals surface area contributed by atoms with Crippen LogP contribution in [0, 0.1) is 17.8 Å². The number of nitrogens with one attached hydrogen (secondary N) is 2. The predicted octanol–water partition coefficient (Wildman–Crippen LogP) is 2.32. The maximum atomic E-state index is 12.2. The largest absolute Gasteiger partial charge is 0.481 e. The highest BCUT2D eigenvalue weighted by molar-refractivity contribution is 5.94. The molecule has 6 heteroatoms. The summed E-state index contributed by atoms with van der Waals surface area (Å²) >= 11 is 0. The average Bonchev–Trinajstić information content (AvgIpc) is 3.30. The third kappa shape index (κ3) is 3.58. The van der Waals surface area contributed by atoms with Crippen LogP contribution in [0.25, 0.3) is 0 Å². The molecule has 0 radical (unpaired) electrons. The second-order valence-electron chi connectivity index (χ2n) is 6.74. The van der Waals surface area contributed by atoms with Crippen LogP contribution in [0.15, 0.2) is 24.3 Å².